The lowest BCUT2D eigenvalue weighted by Crippen LogP contribution is -2.29. The maximum absolute atomic E-state index is 12.2. The van der Waals surface area contributed by atoms with Crippen LogP contribution in [0.15, 0.2) is 35.4 Å². The SMILES string of the molecule is CS/C(=C/C(=O)c1ccc(Cl)cc1)NC1CCCCC1. The molecule has 2 nitrogen and oxygen atoms in total. The maximum atomic E-state index is 12.2. The third-order valence-electron chi connectivity index (χ3n) is 3.56. The first-order valence-corrected chi connectivity index (χ1v) is 8.61. The van der Waals surface area contributed by atoms with Crippen LogP contribution in [-0.2, 0) is 0 Å². The number of thioether (sulfide) groups is 1. The van der Waals surface area contributed by atoms with Gasteiger partial charge in [-0.25, -0.2) is 0 Å². The summed E-state index contributed by atoms with van der Waals surface area (Å²) < 4.78 is 0. The van der Waals surface area contributed by atoms with Crippen LogP contribution in [0.5, 0.6) is 0 Å². The van der Waals surface area contributed by atoms with Crippen LogP contribution in [0.1, 0.15) is 42.5 Å². The topological polar surface area (TPSA) is 29.1 Å². The van der Waals surface area contributed by atoms with Gasteiger partial charge < -0.3 is 5.32 Å². The summed E-state index contributed by atoms with van der Waals surface area (Å²) in [5, 5.41) is 5.10. The lowest BCUT2D eigenvalue weighted by Gasteiger charge is -2.24. The van der Waals surface area contributed by atoms with Crippen molar-refractivity contribution in [2.45, 2.75) is 38.1 Å². The zero-order valence-corrected chi connectivity index (χ0v) is 13.3. The molecule has 0 heterocycles. The first-order chi connectivity index (χ1) is 9.69. The van der Waals surface area contributed by atoms with Crippen molar-refractivity contribution >= 4 is 29.1 Å². The molecule has 20 heavy (non-hydrogen) atoms. The highest BCUT2D eigenvalue weighted by atomic mass is 35.5. The lowest BCUT2D eigenvalue weighted by molar-refractivity contribution is 0.104. The summed E-state index contributed by atoms with van der Waals surface area (Å²) in [5.41, 5.74) is 0.673. The van der Waals surface area contributed by atoms with Gasteiger partial charge in [-0.2, -0.15) is 0 Å². The van der Waals surface area contributed by atoms with Crippen LogP contribution >= 0.6 is 23.4 Å². The molecule has 4 heteroatoms. The number of carbonyl (C=O) groups is 1. The molecule has 1 aliphatic rings. The van der Waals surface area contributed by atoms with Crippen molar-refractivity contribution in [1.29, 1.82) is 0 Å². The Labute approximate surface area is 130 Å². The summed E-state index contributed by atoms with van der Waals surface area (Å²) in [6, 6.07) is 7.53. The van der Waals surface area contributed by atoms with Crippen LogP contribution < -0.4 is 5.32 Å². The van der Waals surface area contributed by atoms with Gasteiger partial charge in [0.15, 0.2) is 5.78 Å². The number of allylic oxidation sites excluding steroid dienone is 1. The van der Waals surface area contributed by atoms with Gasteiger partial charge in [0.25, 0.3) is 0 Å². The smallest absolute Gasteiger partial charge is 0.188 e. The quantitative estimate of drug-likeness (QED) is 0.634. The van der Waals surface area contributed by atoms with E-state index >= 15 is 0 Å². The third-order valence-corrected chi connectivity index (χ3v) is 4.49. The number of benzene rings is 1. The minimum atomic E-state index is 0.0225. The van der Waals surface area contributed by atoms with Gasteiger partial charge in [0.2, 0.25) is 0 Å². The Morgan fingerprint density at radius 1 is 1.25 bits per heavy atom. The molecule has 0 atom stereocenters. The molecule has 0 saturated heterocycles. The van der Waals surface area contributed by atoms with Crippen molar-refractivity contribution in [3.05, 3.63) is 46.0 Å². The number of ketones is 1. The van der Waals surface area contributed by atoms with E-state index in [1.165, 1.54) is 32.1 Å². The van der Waals surface area contributed by atoms with E-state index in [0.29, 0.717) is 16.6 Å². The van der Waals surface area contributed by atoms with Gasteiger partial charge >= 0.3 is 0 Å². The predicted molar refractivity (Wildman–Crippen MR) is 87.4 cm³/mol. The molecule has 0 spiro atoms. The summed E-state index contributed by atoms with van der Waals surface area (Å²) in [7, 11) is 0. The van der Waals surface area contributed by atoms with E-state index in [4.69, 9.17) is 11.6 Å². The lowest BCUT2D eigenvalue weighted by atomic mass is 9.96. The summed E-state index contributed by atoms with van der Waals surface area (Å²) in [5.74, 6) is 0.0225. The first kappa shape index (κ1) is 15.5. The highest BCUT2D eigenvalue weighted by Gasteiger charge is 2.14. The van der Waals surface area contributed by atoms with Gasteiger partial charge in [-0.3, -0.25) is 4.79 Å². The van der Waals surface area contributed by atoms with E-state index in [-0.39, 0.29) is 5.78 Å². The second-order valence-corrected chi connectivity index (χ2v) is 6.35. The molecule has 0 bridgehead atoms. The molecule has 1 saturated carbocycles. The van der Waals surface area contributed by atoms with Crippen LogP contribution in [0.4, 0.5) is 0 Å². The molecule has 0 unspecified atom stereocenters. The van der Waals surface area contributed by atoms with Crippen LogP contribution in [0.2, 0.25) is 5.02 Å². The van der Waals surface area contributed by atoms with E-state index in [9.17, 15) is 4.79 Å². The first-order valence-electron chi connectivity index (χ1n) is 7.01. The molecule has 1 N–H and O–H groups in total. The van der Waals surface area contributed by atoms with Gasteiger partial charge in [-0.15, -0.1) is 11.8 Å². The zero-order chi connectivity index (χ0) is 14.4. The molecular formula is C16H20ClNOS. The molecule has 0 aliphatic heterocycles. The Morgan fingerprint density at radius 3 is 2.50 bits per heavy atom. The number of nitrogens with one attached hydrogen (secondary N) is 1. The van der Waals surface area contributed by atoms with Gasteiger partial charge in [-0.05, 0) is 43.4 Å². The molecule has 1 aromatic rings. The van der Waals surface area contributed by atoms with E-state index in [1.54, 1.807) is 42.1 Å². The average Bonchev–Trinajstić information content (AvgIpc) is 2.48. The van der Waals surface area contributed by atoms with Gasteiger partial charge in [0.05, 0.1) is 5.03 Å². The van der Waals surface area contributed by atoms with Crippen LogP contribution in [0.3, 0.4) is 0 Å². The van der Waals surface area contributed by atoms with Crippen LogP contribution in [0, 0.1) is 0 Å². The summed E-state index contributed by atoms with van der Waals surface area (Å²) in [4.78, 5) is 12.2. The normalized spacial score (nSPS) is 17.0. The third kappa shape index (κ3) is 4.57. The number of hydrogen-bond donors (Lipinski definition) is 1. The number of halogens is 1. The van der Waals surface area contributed by atoms with Crippen LogP contribution in [0.25, 0.3) is 0 Å². The Hall–Kier alpha value is -0.930. The maximum Gasteiger partial charge on any atom is 0.188 e. The van der Waals surface area contributed by atoms with Crippen LogP contribution in [-0.4, -0.2) is 18.1 Å². The fourth-order valence-electron chi connectivity index (χ4n) is 2.42. The summed E-state index contributed by atoms with van der Waals surface area (Å²) in [6.07, 6.45) is 9.99. The molecule has 1 aliphatic carbocycles. The molecule has 1 fully saturated rings. The van der Waals surface area contributed by atoms with Gasteiger partial charge in [0, 0.05) is 22.7 Å². The van der Waals surface area contributed by atoms with E-state index < -0.39 is 0 Å². The number of hydrogen-bond acceptors (Lipinski definition) is 3. The Kier molecular flexibility index (Phi) is 5.99. The van der Waals surface area contributed by atoms with E-state index in [1.807, 2.05) is 6.26 Å². The Balaban J connectivity index is 2.01. The highest BCUT2D eigenvalue weighted by Crippen LogP contribution is 2.21. The van der Waals surface area contributed by atoms with E-state index in [2.05, 4.69) is 5.32 Å². The van der Waals surface area contributed by atoms with Crippen molar-refractivity contribution < 1.29 is 4.79 Å². The molecule has 2 rings (SSSR count). The Bertz CT molecular complexity index is 478. The fourth-order valence-corrected chi connectivity index (χ4v) is 3.06. The second kappa shape index (κ2) is 7.75. The van der Waals surface area contributed by atoms with E-state index in [0.717, 1.165) is 5.03 Å². The second-order valence-electron chi connectivity index (χ2n) is 5.06. The molecule has 108 valence electrons. The number of rotatable bonds is 5. The highest BCUT2D eigenvalue weighted by molar-refractivity contribution is 8.02. The molecule has 0 radical (unpaired) electrons. The van der Waals surface area contributed by atoms with Gasteiger partial charge in [0.1, 0.15) is 0 Å². The summed E-state index contributed by atoms with van der Waals surface area (Å²) >= 11 is 7.43. The monoisotopic (exact) mass is 309 g/mol. The molecular weight excluding hydrogens is 290 g/mol. The van der Waals surface area contributed by atoms with Gasteiger partial charge in [-0.1, -0.05) is 30.9 Å². The molecule has 0 amide bonds. The largest absolute Gasteiger partial charge is 0.377 e. The molecule has 1 aromatic carbocycles. The van der Waals surface area contributed by atoms with Crippen molar-refractivity contribution in [1.82, 2.24) is 5.32 Å². The standard InChI is InChI=1S/C16H20ClNOS/c1-20-16(18-14-5-3-2-4-6-14)11-15(19)12-7-9-13(17)10-8-12/h7-11,14,18H,2-6H2,1H3/b16-11+. The van der Waals surface area contributed by atoms with Crippen molar-refractivity contribution in [2.75, 3.05) is 6.26 Å². The van der Waals surface area contributed by atoms with Crippen molar-refractivity contribution in [2.24, 2.45) is 0 Å². The Morgan fingerprint density at radius 2 is 1.90 bits per heavy atom. The fraction of sp³-hybridized carbons (Fsp3) is 0.438. The predicted octanol–water partition coefficient (Wildman–Crippen LogP) is 4.65. The van der Waals surface area contributed by atoms with Crippen molar-refractivity contribution in [3.8, 4) is 0 Å². The summed E-state index contributed by atoms with van der Waals surface area (Å²) in [6.45, 7) is 0. The minimum absolute atomic E-state index is 0.0225. The zero-order valence-electron chi connectivity index (χ0n) is 11.7. The minimum Gasteiger partial charge on any atom is -0.377 e. The average molecular weight is 310 g/mol. The molecule has 0 aromatic heterocycles. The number of carbonyl (C=O) groups excluding carboxylic acids is 1. The van der Waals surface area contributed by atoms with Crippen molar-refractivity contribution in [3.63, 3.8) is 0 Å².